The van der Waals surface area contributed by atoms with Gasteiger partial charge in [-0.25, -0.2) is 4.18 Å². The number of aliphatic hydroxyl groups excluding tert-OH is 4. The fourth-order valence-electron chi connectivity index (χ4n) is 10.5. The highest BCUT2D eigenvalue weighted by molar-refractivity contribution is 7.80. The minimum absolute atomic E-state index is 0.228. The molecule has 13 heteroatoms. The van der Waals surface area contributed by atoms with E-state index >= 15 is 0 Å². The van der Waals surface area contributed by atoms with Crippen LogP contribution in [0.2, 0.25) is 0 Å². The molecule has 0 aromatic rings. The van der Waals surface area contributed by atoms with Gasteiger partial charge in [-0.3, -0.25) is 9.35 Å². The summed E-state index contributed by atoms with van der Waals surface area (Å²) >= 11 is 0. The molecule has 1 rings (SSSR count). The second-order valence-electron chi connectivity index (χ2n) is 22.4. The van der Waals surface area contributed by atoms with Gasteiger partial charge in [-0.1, -0.05) is 283 Å². The van der Waals surface area contributed by atoms with E-state index in [0.29, 0.717) is 12.8 Å². The highest BCUT2D eigenvalue weighted by Crippen LogP contribution is 2.26. The molecule has 0 bridgehead atoms. The van der Waals surface area contributed by atoms with Gasteiger partial charge in [0.05, 0.1) is 25.4 Å². The van der Waals surface area contributed by atoms with Crippen molar-refractivity contribution in [3.8, 4) is 0 Å². The maximum absolute atomic E-state index is 13.2. The largest absolute Gasteiger partial charge is 0.397 e. The highest BCUT2D eigenvalue weighted by atomic mass is 32.3. The van der Waals surface area contributed by atoms with Crippen LogP contribution in [-0.4, -0.2) is 95.4 Å². The average Bonchev–Trinajstić information content (AvgIpc) is 3.38. The van der Waals surface area contributed by atoms with Gasteiger partial charge in [0.2, 0.25) is 5.91 Å². The monoisotopic (exact) mass is 1070 g/mol. The van der Waals surface area contributed by atoms with Crippen molar-refractivity contribution < 1.29 is 51.8 Å². The molecule has 12 nitrogen and oxygen atoms in total. The molecule has 0 aliphatic carbocycles. The van der Waals surface area contributed by atoms with E-state index in [1.165, 1.54) is 231 Å². The third-order valence-electron chi connectivity index (χ3n) is 15.3. The van der Waals surface area contributed by atoms with Crippen molar-refractivity contribution in [1.29, 1.82) is 0 Å². The third kappa shape index (κ3) is 42.8. The summed E-state index contributed by atoms with van der Waals surface area (Å²) in [5, 5.41) is 45.2. The Morgan fingerprint density at radius 2 is 0.865 bits per heavy atom. The van der Waals surface area contributed by atoms with E-state index in [2.05, 4.69) is 35.5 Å². The van der Waals surface area contributed by atoms with Gasteiger partial charge in [0, 0.05) is 6.42 Å². The fraction of sp³-hybridized carbons (Fsp3) is 0.951. The number of carbonyl (C=O) groups is 1. The zero-order chi connectivity index (χ0) is 54.0. The van der Waals surface area contributed by atoms with E-state index < -0.39 is 59.9 Å². The van der Waals surface area contributed by atoms with Crippen LogP contribution >= 0.6 is 0 Å². The zero-order valence-electron chi connectivity index (χ0n) is 47.9. The minimum Gasteiger partial charge on any atom is -0.394 e. The van der Waals surface area contributed by atoms with Crippen molar-refractivity contribution in [2.24, 2.45) is 0 Å². The predicted octanol–water partition coefficient (Wildman–Crippen LogP) is 15.4. The summed E-state index contributed by atoms with van der Waals surface area (Å²) in [5.41, 5.74) is 0. The Hall–Kier alpha value is -1.16. The molecule has 1 aliphatic heterocycles. The van der Waals surface area contributed by atoms with Gasteiger partial charge < -0.3 is 35.2 Å². The highest BCUT2D eigenvalue weighted by Gasteiger charge is 2.48. The SMILES string of the molecule is CCCCCCCCCCCCCC/C=C\CCCCCCCCCC(=O)NC(COC1OC(CO)C(O)C(OS(=O)(=O)O)C1O)C(O)CCCCCCCCCCCCCCCCCCCCCCCCCC. The van der Waals surface area contributed by atoms with Crippen LogP contribution in [0.1, 0.15) is 316 Å². The van der Waals surface area contributed by atoms with E-state index in [9.17, 15) is 38.2 Å². The van der Waals surface area contributed by atoms with Crippen LogP contribution < -0.4 is 5.32 Å². The van der Waals surface area contributed by atoms with Gasteiger partial charge in [0.15, 0.2) is 6.29 Å². The molecule has 7 unspecified atom stereocenters. The molecule has 440 valence electrons. The topological polar surface area (TPSA) is 192 Å². The second-order valence-corrected chi connectivity index (χ2v) is 23.4. The quantitative estimate of drug-likeness (QED) is 0.0193. The summed E-state index contributed by atoms with van der Waals surface area (Å²) in [6.45, 7) is 3.51. The average molecular weight is 1070 g/mol. The fourth-order valence-corrected chi connectivity index (χ4v) is 11.0. The Kier molecular flexibility index (Phi) is 49.1. The van der Waals surface area contributed by atoms with E-state index in [1.54, 1.807) is 0 Å². The minimum atomic E-state index is -5.08. The summed E-state index contributed by atoms with van der Waals surface area (Å²) in [4.78, 5) is 13.2. The van der Waals surface area contributed by atoms with Crippen molar-refractivity contribution in [3.63, 3.8) is 0 Å². The first-order valence-corrected chi connectivity index (χ1v) is 32.9. The number of ether oxygens (including phenoxy) is 2. The number of aliphatic hydroxyl groups is 4. The van der Waals surface area contributed by atoms with Gasteiger partial charge in [0.25, 0.3) is 0 Å². The first kappa shape index (κ1) is 70.9. The van der Waals surface area contributed by atoms with Crippen molar-refractivity contribution in [2.45, 2.75) is 358 Å². The zero-order valence-corrected chi connectivity index (χ0v) is 48.8. The molecular formula is C61H119NO11S. The lowest BCUT2D eigenvalue weighted by atomic mass is 9.99. The molecule has 1 heterocycles. The number of allylic oxidation sites excluding steroid dienone is 2. The Bertz CT molecular complexity index is 1350. The van der Waals surface area contributed by atoms with E-state index in [-0.39, 0.29) is 18.9 Å². The Morgan fingerprint density at radius 1 is 0.527 bits per heavy atom. The van der Waals surface area contributed by atoms with Gasteiger partial charge in [-0.2, -0.15) is 8.42 Å². The number of amides is 1. The molecule has 6 N–H and O–H groups in total. The van der Waals surface area contributed by atoms with E-state index in [1.807, 2.05) is 0 Å². The molecule has 74 heavy (non-hydrogen) atoms. The van der Waals surface area contributed by atoms with Gasteiger partial charge in [-0.15, -0.1) is 0 Å². The van der Waals surface area contributed by atoms with Gasteiger partial charge >= 0.3 is 10.4 Å². The summed E-state index contributed by atoms with van der Waals surface area (Å²) < 4.78 is 48.0. The summed E-state index contributed by atoms with van der Waals surface area (Å²) in [6.07, 6.45) is 53.7. The Labute approximate surface area is 455 Å². The third-order valence-corrected chi connectivity index (χ3v) is 15.8. The van der Waals surface area contributed by atoms with E-state index in [4.69, 9.17) is 9.47 Å². The molecule has 1 amide bonds. The molecule has 7 atom stereocenters. The molecule has 0 spiro atoms. The number of unbranched alkanes of at least 4 members (excludes halogenated alkanes) is 42. The van der Waals surface area contributed by atoms with E-state index in [0.717, 1.165) is 51.4 Å². The molecule has 1 fully saturated rings. The maximum atomic E-state index is 13.2. The maximum Gasteiger partial charge on any atom is 0.397 e. The lowest BCUT2D eigenvalue weighted by Crippen LogP contribution is -2.61. The number of hydrogen-bond acceptors (Lipinski definition) is 10. The van der Waals surface area contributed by atoms with Crippen molar-refractivity contribution >= 4 is 16.3 Å². The van der Waals surface area contributed by atoms with Crippen LogP contribution in [0.5, 0.6) is 0 Å². The summed E-state index contributed by atoms with van der Waals surface area (Å²) in [7, 11) is -5.08. The molecule has 1 saturated heterocycles. The van der Waals surface area contributed by atoms with Crippen LogP contribution in [0.25, 0.3) is 0 Å². The Morgan fingerprint density at radius 3 is 1.22 bits per heavy atom. The number of hydrogen-bond donors (Lipinski definition) is 6. The molecular weight excluding hydrogens is 955 g/mol. The Balaban J connectivity index is 2.31. The van der Waals surface area contributed by atoms with Crippen LogP contribution in [0, 0.1) is 0 Å². The van der Waals surface area contributed by atoms with Crippen molar-refractivity contribution in [3.05, 3.63) is 12.2 Å². The standard InChI is InChI=1S/C61H119NO11S/c1-3-5-7-9-11-13-15-17-19-21-23-25-27-29-30-32-34-36-38-40-42-44-46-48-50-55(64)54(53-71-61-59(67)60(73-74(68,69)70)58(66)56(52-63)72-61)62-57(65)51-49-47-45-43-41-39-37-35-33-31-28-26-24-22-20-18-16-14-12-10-8-6-4-2/h31,33,54-56,58-61,63-64,66-67H,3-30,32,34-53H2,1-2H3,(H,62,65)(H,68,69,70)/b33-31-. The van der Waals surface area contributed by atoms with Crippen LogP contribution in [0.3, 0.4) is 0 Å². The normalized spacial score (nSPS) is 19.1. The number of rotatable bonds is 56. The first-order valence-electron chi connectivity index (χ1n) is 31.6. The van der Waals surface area contributed by atoms with Gasteiger partial charge in [0.1, 0.15) is 24.4 Å². The van der Waals surface area contributed by atoms with Crippen LogP contribution in [0.15, 0.2) is 12.2 Å². The molecule has 0 radical (unpaired) electrons. The molecule has 1 aliphatic rings. The predicted molar refractivity (Wildman–Crippen MR) is 306 cm³/mol. The summed E-state index contributed by atoms with van der Waals surface area (Å²) in [6, 6.07) is -0.859. The molecule has 0 aromatic heterocycles. The molecule has 0 aromatic carbocycles. The van der Waals surface area contributed by atoms with Crippen molar-refractivity contribution in [2.75, 3.05) is 13.2 Å². The second kappa shape index (κ2) is 51.3. The lowest BCUT2D eigenvalue weighted by Gasteiger charge is -2.41. The van der Waals surface area contributed by atoms with Gasteiger partial charge in [-0.05, 0) is 38.5 Å². The van der Waals surface area contributed by atoms with Crippen LogP contribution in [0.4, 0.5) is 0 Å². The van der Waals surface area contributed by atoms with Crippen LogP contribution in [-0.2, 0) is 28.9 Å². The first-order chi connectivity index (χ1) is 36.0. The summed E-state index contributed by atoms with van der Waals surface area (Å²) in [5.74, 6) is -0.228. The number of carbonyl (C=O) groups excluding carboxylic acids is 1. The van der Waals surface area contributed by atoms with Crippen molar-refractivity contribution in [1.82, 2.24) is 5.32 Å². The smallest absolute Gasteiger partial charge is 0.394 e. The number of nitrogens with one attached hydrogen (secondary N) is 1. The molecule has 0 saturated carbocycles. The lowest BCUT2D eigenvalue weighted by molar-refractivity contribution is -0.298.